The zero-order valence-electron chi connectivity index (χ0n) is 53.5. The third kappa shape index (κ3) is 10.9. The van der Waals surface area contributed by atoms with Gasteiger partial charge in [-0.05, 0) is 149 Å². The fraction of sp³-hybridized carbons (Fsp3) is 0.186. The molecule has 2 heterocycles. The molecule has 0 bridgehead atoms. The number of fused-ring (bicyclic) bond motifs is 3. The van der Waals surface area contributed by atoms with Gasteiger partial charge in [0.2, 0.25) is 0 Å². The first-order valence-electron chi connectivity index (χ1n) is 32.5. The van der Waals surface area contributed by atoms with Crippen LogP contribution in [0, 0.1) is 0 Å². The van der Waals surface area contributed by atoms with E-state index < -0.39 is 0 Å². The summed E-state index contributed by atoms with van der Waals surface area (Å²) >= 11 is 0. The van der Waals surface area contributed by atoms with Crippen molar-refractivity contribution >= 4 is 10.8 Å². The second-order valence-corrected chi connectivity index (χ2v) is 27.7. The van der Waals surface area contributed by atoms with Crippen molar-refractivity contribution in [2.75, 3.05) is 0 Å². The van der Waals surface area contributed by atoms with Crippen LogP contribution in [0.2, 0.25) is 0 Å². The molecule has 0 saturated carbocycles. The van der Waals surface area contributed by atoms with Crippen molar-refractivity contribution in [3.05, 3.63) is 289 Å². The Hall–Kier alpha value is -10.3. The summed E-state index contributed by atoms with van der Waals surface area (Å²) in [5.74, 6) is 3.91. The molecule has 0 fully saturated rings. The second-order valence-electron chi connectivity index (χ2n) is 27.7. The van der Waals surface area contributed by atoms with Gasteiger partial charge in [-0.3, -0.25) is 0 Å². The maximum Gasteiger partial charge on any atom is 0.164 e. The van der Waals surface area contributed by atoms with Crippen LogP contribution in [0.15, 0.2) is 261 Å². The number of hydrogen-bond acceptors (Lipinski definition) is 6. The normalized spacial score (nSPS) is 16.2. The highest BCUT2D eigenvalue weighted by atomic mass is 15.0. The molecule has 6 heteroatoms. The molecule has 2 aliphatic rings. The largest absolute Gasteiger partial charge is 0.208 e. The molecule has 1 atom stereocenters. The predicted molar refractivity (Wildman–Crippen MR) is 380 cm³/mol. The Morgan fingerprint density at radius 1 is 0.250 bits per heavy atom. The van der Waals surface area contributed by atoms with Crippen LogP contribution in [0.3, 0.4) is 0 Å². The fourth-order valence-corrected chi connectivity index (χ4v) is 14.6. The Balaban J connectivity index is 0.767. The van der Waals surface area contributed by atoms with Crippen LogP contribution in [0.4, 0.5) is 0 Å². The van der Waals surface area contributed by atoms with E-state index >= 15 is 0 Å². The van der Waals surface area contributed by atoms with E-state index in [1.165, 1.54) is 55.3 Å². The molecular formula is C86H74N6. The number of rotatable bonds is 12. The van der Waals surface area contributed by atoms with Gasteiger partial charge < -0.3 is 0 Å². The lowest BCUT2D eigenvalue weighted by Crippen LogP contribution is -2.37. The van der Waals surface area contributed by atoms with Crippen LogP contribution >= 0.6 is 0 Å². The van der Waals surface area contributed by atoms with Crippen molar-refractivity contribution in [3.8, 4) is 113 Å². The van der Waals surface area contributed by atoms with Crippen LogP contribution < -0.4 is 0 Å². The standard InChI is InChI=1S/C86H74N6/c1-83(2)49-50-84(3,4)74-53-64(45-47-72(74)83)81-90-79(91-82(92-81)71-34-20-19-33-70(71)69-32-18-17-31-66(69)57-23-11-8-12-24-57)62-39-37-56(38-40-62)55-86(7)52-51-85(5,6)75-54-65(46-48-73(75)86)80-88-77(61-27-15-10-16-28-61)87-78(89-80)63-43-41-59(42-44-63)68-36-22-30-60-29-21-35-67(76(60)68)58-25-13-9-14-26-58/h8-48,53-54H,49-52,55H2,1-7H3. The molecule has 92 heavy (non-hydrogen) atoms. The average molecular weight is 1190 g/mol. The lowest BCUT2D eigenvalue weighted by atomic mass is 9.60. The summed E-state index contributed by atoms with van der Waals surface area (Å²) in [6, 6.07) is 93.6. The quantitative estimate of drug-likeness (QED) is 0.121. The van der Waals surface area contributed by atoms with E-state index in [1.54, 1.807) is 0 Å². The van der Waals surface area contributed by atoms with Crippen molar-refractivity contribution in [2.45, 2.75) is 102 Å². The molecule has 0 saturated heterocycles. The smallest absolute Gasteiger partial charge is 0.164 e. The molecule has 1 unspecified atom stereocenters. The Kier molecular flexibility index (Phi) is 14.6. The molecule has 0 spiro atoms. The molecule has 15 rings (SSSR count). The third-order valence-electron chi connectivity index (χ3n) is 20.1. The molecule has 2 aromatic heterocycles. The molecule has 0 radical (unpaired) electrons. The van der Waals surface area contributed by atoms with E-state index in [9.17, 15) is 0 Å². The Morgan fingerprint density at radius 3 is 1.12 bits per heavy atom. The number of nitrogens with zero attached hydrogens (tertiary/aromatic N) is 6. The molecular weight excluding hydrogens is 1120 g/mol. The van der Waals surface area contributed by atoms with Gasteiger partial charge in [0.15, 0.2) is 34.9 Å². The van der Waals surface area contributed by atoms with E-state index in [0.29, 0.717) is 34.9 Å². The first-order valence-corrected chi connectivity index (χ1v) is 32.5. The van der Waals surface area contributed by atoms with Crippen LogP contribution in [0.5, 0.6) is 0 Å². The number of benzene rings is 11. The maximum atomic E-state index is 5.42. The third-order valence-corrected chi connectivity index (χ3v) is 20.1. The van der Waals surface area contributed by atoms with E-state index in [2.05, 4.69) is 291 Å². The van der Waals surface area contributed by atoms with Crippen molar-refractivity contribution in [1.29, 1.82) is 0 Å². The Labute approximate surface area is 541 Å². The predicted octanol–water partition coefficient (Wildman–Crippen LogP) is 21.8. The highest BCUT2D eigenvalue weighted by molar-refractivity contribution is 6.06. The van der Waals surface area contributed by atoms with Crippen molar-refractivity contribution < 1.29 is 0 Å². The minimum absolute atomic E-state index is 0.0191. The number of aromatic nitrogens is 6. The van der Waals surface area contributed by atoms with Gasteiger partial charge in [0, 0.05) is 33.4 Å². The van der Waals surface area contributed by atoms with E-state index in [0.717, 1.165) is 93.3 Å². The van der Waals surface area contributed by atoms with Gasteiger partial charge in [-0.2, -0.15) is 0 Å². The molecule has 0 N–H and O–H groups in total. The molecule has 448 valence electrons. The van der Waals surface area contributed by atoms with E-state index in [4.69, 9.17) is 29.9 Å². The second kappa shape index (κ2) is 23.2. The summed E-state index contributed by atoms with van der Waals surface area (Å²) in [6.45, 7) is 16.7. The van der Waals surface area contributed by atoms with Gasteiger partial charge in [0.05, 0.1) is 0 Å². The highest BCUT2D eigenvalue weighted by Gasteiger charge is 2.41. The zero-order valence-corrected chi connectivity index (χ0v) is 53.5. The van der Waals surface area contributed by atoms with Gasteiger partial charge >= 0.3 is 0 Å². The van der Waals surface area contributed by atoms with Gasteiger partial charge in [-0.25, -0.2) is 29.9 Å². The van der Waals surface area contributed by atoms with Crippen molar-refractivity contribution in [3.63, 3.8) is 0 Å². The van der Waals surface area contributed by atoms with Gasteiger partial charge in [0.1, 0.15) is 0 Å². The van der Waals surface area contributed by atoms with Crippen molar-refractivity contribution in [1.82, 2.24) is 29.9 Å². The first kappa shape index (κ1) is 58.1. The van der Waals surface area contributed by atoms with Crippen molar-refractivity contribution in [2.24, 2.45) is 0 Å². The SMILES string of the molecule is CC1(C)CCC(C)(C)c2cc(-c3nc(-c4ccc(CC5(C)CCC(C)(C)c6cc(-c7nc(-c8ccccc8)nc(-c8ccc(-c9cccc%10cccc(-c%11ccccc%11)c9%10)cc8)n7)ccc65)cc4)nc(-c4ccccc4-c4ccccc4-c4ccccc4)n3)ccc21. The monoisotopic (exact) mass is 1190 g/mol. The minimum atomic E-state index is -0.139. The summed E-state index contributed by atoms with van der Waals surface area (Å²) in [6.07, 6.45) is 5.22. The lowest BCUT2D eigenvalue weighted by Gasteiger charge is -2.44. The van der Waals surface area contributed by atoms with E-state index in [-0.39, 0.29) is 21.7 Å². The summed E-state index contributed by atoms with van der Waals surface area (Å²) in [5.41, 5.74) is 21.7. The molecule has 0 aliphatic heterocycles. The number of hydrogen-bond donors (Lipinski definition) is 0. The van der Waals surface area contributed by atoms with Gasteiger partial charge in [-0.15, -0.1) is 0 Å². The first-order chi connectivity index (χ1) is 44.6. The Bertz CT molecular complexity index is 4910. The van der Waals surface area contributed by atoms with Crippen LogP contribution in [0.25, 0.3) is 124 Å². The van der Waals surface area contributed by atoms with Crippen LogP contribution in [-0.2, 0) is 28.1 Å². The Morgan fingerprint density at radius 2 is 0.587 bits per heavy atom. The fourth-order valence-electron chi connectivity index (χ4n) is 14.6. The van der Waals surface area contributed by atoms with Crippen LogP contribution in [0.1, 0.15) is 102 Å². The van der Waals surface area contributed by atoms with Crippen LogP contribution in [-0.4, -0.2) is 29.9 Å². The highest BCUT2D eigenvalue weighted by Crippen LogP contribution is 2.50. The zero-order chi connectivity index (χ0) is 62.8. The van der Waals surface area contributed by atoms with Gasteiger partial charge in [-0.1, -0.05) is 297 Å². The summed E-state index contributed by atoms with van der Waals surface area (Å²) in [5, 5.41) is 2.45. The molecule has 0 amide bonds. The molecule has 2 aliphatic carbocycles. The maximum absolute atomic E-state index is 5.42. The molecule has 11 aromatic carbocycles. The molecule has 6 nitrogen and oxygen atoms in total. The average Bonchev–Trinajstić information content (AvgIpc) is 0.774. The summed E-state index contributed by atoms with van der Waals surface area (Å²) in [7, 11) is 0. The molecule has 13 aromatic rings. The summed E-state index contributed by atoms with van der Waals surface area (Å²) < 4.78 is 0. The topological polar surface area (TPSA) is 77.3 Å². The van der Waals surface area contributed by atoms with E-state index in [1.807, 2.05) is 18.2 Å². The van der Waals surface area contributed by atoms with Gasteiger partial charge in [0.25, 0.3) is 0 Å². The summed E-state index contributed by atoms with van der Waals surface area (Å²) in [4.78, 5) is 31.9. The minimum Gasteiger partial charge on any atom is -0.208 e. The lowest BCUT2D eigenvalue weighted by molar-refractivity contribution is 0.310.